The van der Waals surface area contributed by atoms with Gasteiger partial charge in [-0.15, -0.1) is 80.2 Å². The van der Waals surface area contributed by atoms with Gasteiger partial charge in [-0.3, -0.25) is 0 Å². The molecule has 6 aromatic carbocycles. The summed E-state index contributed by atoms with van der Waals surface area (Å²) >= 11 is -0.556. The Labute approximate surface area is 272 Å². The molecule has 6 rings (SSSR count). The van der Waals surface area contributed by atoms with Gasteiger partial charge < -0.3 is 0 Å². The van der Waals surface area contributed by atoms with E-state index in [1.807, 2.05) is 0 Å². The van der Waals surface area contributed by atoms with E-state index >= 15 is 0 Å². The van der Waals surface area contributed by atoms with E-state index in [2.05, 4.69) is 148 Å². The number of hydrogen-bond donors (Lipinski definition) is 0. The summed E-state index contributed by atoms with van der Waals surface area (Å²) in [5, 5.41) is 5.58. The summed E-state index contributed by atoms with van der Waals surface area (Å²) in [4.78, 5) is 0. The zero-order valence-corrected chi connectivity index (χ0v) is 29.2. The molecule has 0 aliphatic carbocycles. The first-order valence-electron chi connectivity index (χ1n) is 14.5. The molecule has 0 N–H and O–H groups in total. The SMILES string of the molecule is CCc1cc2ccccc2[c-]1Cc1ccccc1.CCc1cc2ccccc2[c-]1Cc1ccccc1.C[Si]C.[Cl][Ti][Cl]. The van der Waals surface area contributed by atoms with Crippen LogP contribution in [-0.4, -0.2) is 9.52 Å². The van der Waals surface area contributed by atoms with Gasteiger partial charge >= 0.3 is 35.6 Å². The van der Waals surface area contributed by atoms with Gasteiger partial charge in [0.25, 0.3) is 0 Å². The topological polar surface area (TPSA) is 0 Å². The molecule has 42 heavy (non-hydrogen) atoms. The van der Waals surface area contributed by atoms with Crippen LogP contribution in [-0.2, 0) is 42.7 Å². The van der Waals surface area contributed by atoms with Crippen molar-refractivity contribution in [3.63, 3.8) is 0 Å². The maximum absolute atomic E-state index is 4.89. The van der Waals surface area contributed by atoms with Crippen molar-refractivity contribution >= 4 is 49.7 Å². The molecular weight excluding hydrogens is 603 g/mol. The average molecular weight is 644 g/mol. The standard InChI is InChI=1S/2C18H17.C2H6Si.2ClH.Ti/c2*1-2-15-13-16-10-6-7-11-17(16)18(15)12-14-8-4-3-5-9-14;1-3-2;;;/h2*3-11,13H,2,12H2,1H3;1-2H3;2*1H;/q2*-1;;;;+2/p-2. The molecule has 0 unspecified atom stereocenters. The normalized spacial score (nSPS) is 10.1. The van der Waals surface area contributed by atoms with E-state index in [0.29, 0.717) is 0 Å². The minimum atomic E-state index is -0.556. The number of rotatable bonds is 6. The van der Waals surface area contributed by atoms with Gasteiger partial charge in [0.05, 0.1) is 0 Å². The van der Waals surface area contributed by atoms with Gasteiger partial charge in [0.2, 0.25) is 0 Å². The molecule has 0 amide bonds. The first-order chi connectivity index (χ1) is 20.6. The van der Waals surface area contributed by atoms with E-state index in [0.717, 1.165) is 35.2 Å². The summed E-state index contributed by atoms with van der Waals surface area (Å²) in [6.45, 7) is 8.78. The second-order valence-electron chi connectivity index (χ2n) is 10.1. The van der Waals surface area contributed by atoms with E-state index < -0.39 is 17.0 Å². The molecule has 2 radical (unpaired) electrons. The predicted octanol–water partition coefficient (Wildman–Crippen LogP) is 11.6. The predicted molar refractivity (Wildman–Crippen MR) is 186 cm³/mol. The number of aryl methyl sites for hydroxylation is 2. The Kier molecular flexibility index (Phi) is 15.4. The Morgan fingerprint density at radius 2 is 0.857 bits per heavy atom. The monoisotopic (exact) mass is 642 g/mol. The second kappa shape index (κ2) is 19.0. The Hall–Kier alpha value is -2.39. The number of fused-ring (bicyclic) bond motifs is 2. The summed E-state index contributed by atoms with van der Waals surface area (Å²) < 4.78 is 0. The quantitative estimate of drug-likeness (QED) is 0.125. The van der Waals surface area contributed by atoms with Gasteiger partial charge in [0.15, 0.2) is 0 Å². The van der Waals surface area contributed by atoms with E-state index in [9.17, 15) is 0 Å². The average Bonchev–Trinajstić information content (AvgIpc) is 3.57. The molecule has 0 bridgehead atoms. The van der Waals surface area contributed by atoms with Crippen LogP contribution < -0.4 is 0 Å². The molecule has 216 valence electrons. The Morgan fingerprint density at radius 3 is 1.19 bits per heavy atom. The molecule has 0 saturated heterocycles. The van der Waals surface area contributed by atoms with Crippen LogP contribution in [0.5, 0.6) is 0 Å². The summed E-state index contributed by atoms with van der Waals surface area (Å²) in [6.07, 6.45) is 4.29. The van der Waals surface area contributed by atoms with E-state index in [1.165, 1.54) is 54.9 Å². The van der Waals surface area contributed by atoms with Crippen molar-refractivity contribution in [1.29, 1.82) is 0 Å². The third-order valence-electron chi connectivity index (χ3n) is 7.22. The first-order valence-corrected chi connectivity index (χ1v) is 20.8. The van der Waals surface area contributed by atoms with Crippen LogP contribution in [0.15, 0.2) is 121 Å². The van der Waals surface area contributed by atoms with Gasteiger partial charge in [-0.05, 0) is 25.7 Å². The van der Waals surface area contributed by atoms with Crippen molar-refractivity contribution in [2.45, 2.75) is 52.6 Å². The van der Waals surface area contributed by atoms with E-state index in [4.69, 9.17) is 18.6 Å². The van der Waals surface area contributed by atoms with Crippen molar-refractivity contribution < 1.29 is 17.0 Å². The molecule has 0 atom stereocenters. The number of hydrogen-bond acceptors (Lipinski definition) is 0. The molecule has 0 aromatic heterocycles. The van der Waals surface area contributed by atoms with Crippen LogP contribution in [0.3, 0.4) is 0 Å². The van der Waals surface area contributed by atoms with Crippen LogP contribution in [0.1, 0.15) is 47.2 Å². The molecule has 6 aromatic rings. The van der Waals surface area contributed by atoms with Crippen LogP contribution >= 0.6 is 18.6 Å². The van der Waals surface area contributed by atoms with Crippen molar-refractivity contribution in [3.05, 3.63) is 155 Å². The van der Waals surface area contributed by atoms with Crippen LogP contribution in [0.4, 0.5) is 0 Å². The summed E-state index contributed by atoms with van der Waals surface area (Å²) in [7, 11) is 10.9. The number of benzene rings is 4. The maximum atomic E-state index is 4.89. The van der Waals surface area contributed by atoms with Crippen molar-refractivity contribution in [1.82, 2.24) is 0 Å². The molecule has 0 aliphatic rings. The molecule has 0 fully saturated rings. The van der Waals surface area contributed by atoms with Crippen LogP contribution in [0.25, 0.3) is 21.5 Å². The molecule has 0 heterocycles. The van der Waals surface area contributed by atoms with Crippen molar-refractivity contribution in [2.75, 3.05) is 0 Å². The van der Waals surface area contributed by atoms with Crippen molar-refractivity contribution in [2.24, 2.45) is 0 Å². The summed E-state index contributed by atoms with van der Waals surface area (Å²) in [5.74, 6) is 0. The van der Waals surface area contributed by atoms with Crippen molar-refractivity contribution in [3.8, 4) is 0 Å². The van der Waals surface area contributed by atoms with Gasteiger partial charge in [0, 0.05) is 9.52 Å². The fraction of sp³-hybridized carbons (Fsp3) is 0.211. The van der Waals surface area contributed by atoms with Gasteiger partial charge in [-0.1, -0.05) is 111 Å². The second-order valence-corrected chi connectivity index (χ2v) is 13.7. The Morgan fingerprint density at radius 1 is 0.548 bits per heavy atom. The van der Waals surface area contributed by atoms with Gasteiger partial charge in [-0.2, -0.15) is 12.1 Å². The molecular formula is C38H40Cl2SiTi-2. The van der Waals surface area contributed by atoms with Gasteiger partial charge in [0.1, 0.15) is 0 Å². The third kappa shape index (κ3) is 9.83. The van der Waals surface area contributed by atoms with E-state index in [-0.39, 0.29) is 0 Å². The zero-order chi connectivity index (χ0) is 30.2. The number of halogens is 2. The molecule has 0 nitrogen and oxygen atoms in total. The fourth-order valence-electron chi connectivity index (χ4n) is 5.34. The molecule has 0 spiro atoms. The fourth-order valence-corrected chi connectivity index (χ4v) is 5.34. The van der Waals surface area contributed by atoms with E-state index in [1.54, 1.807) is 0 Å². The minimum absolute atomic E-state index is 0.556. The summed E-state index contributed by atoms with van der Waals surface area (Å²) in [5.41, 5.74) is 8.76. The van der Waals surface area contributed by atoms with Crippen LogP contribution in [0, 0.1) is 0 Å². The van der Waals surface area contributed by atoms with Gasteiger partial charge in [-0.25, -0.2) is 0 Å². The zero-order valence-electron chi connectivity index (χ0n) is 25.1. The Balaban J connectivity index is 0.000000195. The molecule has 4 heteroatoms. The molecule has 0 aliphatic heterocycles. The first kappa shape index (κ1) is 34.1. The summed E-state index contributed by atoms with van der Waals surface area (Å²) in [6, 6.07) is 43.6. The third-order valence-corrected chi connectivity index (χ3v) is 7.22. The Bertz CT molecular complexity index is 1460. The molecule has 0 saturated carbocycles. The van der Waals surface area contributed by atoms with Crippen LogP contribution in [0.2, 0.25) is 13.1 Å².